The highest BCUT2D eigenvalue weighted by molar-refractivity contribution is 9.10. The summed E-state index contributed by atoms with van der Waals surface area (Å²) in [7, 11) is 0. The molecule has 0 spiro atoms. The van der Waals surface area contributed by atoms with E-state index in [2.05, 4.69) is 31.6 Å². The third-order valence-corrected chi connectivity index (χ3v) is 7.55. The molecule has 0 amide bonds. The number of aliphatic hydroxyl groups excluding tert-OH is 1. The molecule has 5 nitrogen and oxygen atoms in total. The van der Waals surface area contributed by atoms with Gasteiger partial charge in [0, 0.05) is 38.7 Å². The van der Waals surface area contributed by atoms with Crippen LogP contribution in [0.5, 0.6) is 0 Å². The zero-order valence-electron chi connectivity index (χ0n) is 19.8. The summed E-state index contributed by atoms with van der Waals surface area (Å²) in [6.07, 6.45) is 3.93. The minimum absolute atomic E-state index is 0.0769. The molecule has 0 atom stereocenters. The summed E-state index contributed by atoms with van der Waals surface area (Å²) >= 11 is 10.9. The molecule has 3 aromatic carbocycles. The van der Waals surface area contributed by atoms with Crippen LogP contribution in [0.25, 0.3) is 17.0 Å². The number of aliphatic imine (C=N–C) groups is 1. The van der Waals surface area contributed by atoms with Crippen molar-refractivity contribution < 1.29 is 14.6 Å². The van der Waals surface area contributed by atoms with Crippen LogP contribution in [0.2, 0.25) is 5.02 Å². The zero-order chi connectivity index (χ0) is 25.9. The molecule has 1 N–H and O–H groups in total. The van der Waals surface area contributed by atoms with Gasteiger partial charge < -0.3 is 14.4 Å². The lowest BCUT2D eigenvalue weighted by atomic mass is 10.1. The van der Waals surface area contributed by atoms with Crippen molar-refractivity contribution in [3.05, 3.63) is 116 Å². The van der Waals surface area contributed by atoms with Gasteiger partial charge in [0.05, 0.1) is 17.2 Å². The fourth-order valence-electron chi connectivity index (χ4n) is 4.08. The largest absolute Gasteiger partial charge is 0.506 e. The first-order chi connectivity index (χ1) is 17.9. The average Bonchev–Trinajstić information content (AvgIpc) is 3.37. The number of rotatable bonds is 6. The molecule has 37 heavy (non-hydrogen) atoms. The van der Waals surface area contributed by atoms with E-state index in [0.29, 0.717) is 27.2 Å². The number of fused-ring (bicyclic) bond motifs is 1. The van der Waals surface area contributed by atoms with Crippen molar-refractivity contribution >= 4 is 73.0 Å². The molecule has 1 aromatic heterocycles. The second-order valence-corrected chi connectivity index (χ2v) is 10.7. The van der Waals surface area contributed by atoms with Gasteiger partial charge >= 0.3 is 5.97 Å². The number of hydrogen-bond acceptors (Lipinski definition) is 5. The van der Waals surface area contributed by atoms with Crippen LogP contribution < -0.4 is 0 Å². The molecule has 2 heterocycles. The Labute approximate surface area is 232 Å². The summed E-state index contributed by atoms with van der Waals surface area (Å²) in [6.45, 7) is 2.59. The number of aliphatic hydroxyl groups is 1. The topological polar surface area (TPSA) is 63.8 Å². The van der Waals surface area contributed by atoms with Gasteiger partial charge in [0.15, 0.2) is 0 Å². The predicted molar refractivity (Wildman–Crippen MR) is 156 cm³/mol. The maximum absolute atomic E-state index is 12.8. The minimum Gasteiger partial charge on any atom is -0.506 e. The lowest BCUT2D eigenvalue weighted by molar-refractivity contribution is -0.138. The normalized spacial score (nSPS) is 15.8. The fourth-order valence-corrected chi connectivity index (χ4v) is 5.60. The van der Waals surface area contributed by atoms with E-state index in [1.54, 1.807) is 6.92 Å². The van der Waals surface area contributed by atoms with E-state index in [4.69, 9.17) is 16.3 Å². The molecule has 0 aliphatic carbocycles. The van der Waals surface area contributed by atoms with Crippen LogP contribution >= 0.6 is 39.3 Å². The van der Waals surface area contributed by atoms with Crippen molar-refractivity contribution in [2.45, 2.75) is 13.5 Å². The van der Waals surface area contributed by atoms with Gasteiger partial charge in [-0.1, -0.05) is 69.6 Å². The van der Waals surface area contributed by atoms with Crippen molar-refractivity contribution in [1.29, 1.82) is 0 Å². The first kappa shape index (κ1) is 25.4. The van der Waals surface area contributed by atoms with Crippen LogP contribution in [0.15, 0.2) is 105 Å². The number of hydrogen-bond donors (Lipinski definition) is 1. The Morgan fingerprint density at radius 3 is 2.62 bits per heavy atom. The van der Waals surface area contributed by atoms with E-state index in [-0.39, 0.29) is 17.9 Å². The predicted octanol–water partition coefficient (Wildman–Crippen LogP) is 8.30. The summed E-state index contributed by atoms with van der Waals surface area (Å²) in [5.74, 6) is -0.731. The van der Waals surface area contributed by atoms with Crippen LogP contribution in [0.4, 0.5) is 5.69 Å². The third kappa shape index (κ3) is 5.54. The molecular formula is C29H22BrClN2O3S. The molecule has 0 fully saturated rings. The summed E-state index contributed by atoms with van der Waals surface area (Å²) in [6, 6.07) is 23.2. The number of para-hydroxylation sites is 1. The monoisotopic (exact) mass is 592 g/mol. The summed E-state index contributed by atoms with van der Waals surface area (Å²) < 4.78 is 8.33. The van der Waals surface area contributed by atoms with Crippen LogP contribution in [0.3, 0.4) is 0 Å². The molecule has 0 saturated heterocycles. The van der Waals surface area contributed by atoms with E-state index in [0.717, 1.165) is 26.5 Å². The summed E-state index contributed by atoms with van der Waals surface area (Å²) in [4.78, 5) is 17.9. The Hall–Kier alpha value is -3.26. The Morgan fingerprint density at radius 1 is 1.14 bits per heavy atom. The summed E-state index contributed by atoms with van der Waals surface area (Å²) in [5.41, 5.74) is 3.82. The maximum Gasteiger partial charge on any atom is 0.344 e. The quantitative estimate of drug-likeness (QED) is 0.228. The van der Waals surface area contributed by atoms with Gasteiger partial charge in [0.1, 0.15) is 16.4 Å². The van der Waals surface area contributed by atoms with Gasteiger partial charge in [-0.15, -0.1) is 0 Å². The van der Waals surface area contributed by atoms with Crippen molar-refractivity contribution in [3.8, 4) is 0 Å². The van der Waals surface area contributed by atoms with Crippen LogP contribution in [0.1, 0.15) is 18.1 Å². The molecule has 1 aliphatic rings. The van der Waals surface area contributed by atoms with E-state index >= 15 is 0 Å². The Kier molecular flexibility index (Phi) is 7.55. The van der Waals surface area contributed by atoms with Gasteiger partial charge in [-0.2, -0.15) is 0 Å². The smallest absolute Gasteiger partial charge is 0.344 e. The second kappa shape index (κ2) is 11.0. The molecule has 1 aliphatic heterocycles. The molecule has 0 radical (unpaired) electrons. The van der Waals surface area contributed by atoms with Gasteiger partial charge in [-0.05, 0) is 61.0 Å². The first-order valence-electron chi connectivity index (χ1n) is 11.6. The Bertz CT molecular complexity index is 1570. The second-order valence-electron chi connectivity index (χ2n) is 8.31. The fraction of sp³-hybridized carbons (Fsp3) is 0.103. The molecule has 8 heteroatoms. The van der Waals surface area contributed by atoms with Crippen molar-refractivity contribution in [1.82, 2.24) is 4.57 Å². The van der Waals surface area contributed by atoms with E-state index in [9.17, 15) is 9.90 Å². The minimum atomic E-state index is -0.599. The van der Waals surface area contributed by atoms with Crippen molar-refractivity contribution in [2.75, 3.05) is 6.61 Å². The molecule has 0 unspecified atom stereocenters. The highest BCUT2D eigenvalue weighted by Crippen LogP contribution is 2.41. The molecule has 186 valence electrons. The Balaban J connectivity index is 1.59. The van der Waals surface area contributed by atoms with Crippen LogP contribution in [0, 0.1) is 0 Å². The highest BCUT2D eigenvalue weighted by atomic mass is 79.9. The number of aromatic nitrogens is 1. The van der Waals surface area contributed by atoms with Gasteiger partial charge in [0.2, 0.25) is 0 Å². The summed E-state index contributed by atoms with van der Waals surface area (Å²) in [5, 5.41) is 13.2. The number of carbonyl (C=O) groups is 1. The number of carbonyl (C=O) groups excluding carboxylic acids is 1. The van der Waals surface area contributed by atoms with Gasteiger partial charge in [-0.25, -0.2) is 9.79 Å². The number of nitrogens with zero attached hydrogens (tertiary/aromatic N) is 2. The van der Waals surface area contributed by atoms with Gasteiger partial charge in [-0.3, -0.25) is 0 Å². The van der Waals surface area contributed by atoms with Crippen LogP contribution in [-0.2, 0) is 16.1 Å². The van der Waals surface area contributed by atoms with E-state index in [1.165, 1.54) is 11.8 Å². The number of halogens is 2. The SMILES string of the molecule is CCOC(=O)C1=C(O)/C(=C/c2cn(Cc3ccc(Cl)cc3)c3ccc(Br)cc23)SC1=Nc1ccccc1. The standard InChI is InChI=1S/C29H22BrClN2O3S/c1-2-36-29(35)26-27(34)25(37-28(26)32-22-6-4-3-5-7-22)14-19-17-33(16-18-8-11-21(31)12-9-18)24-13-10-20(30)15-23(19)24/h3-15,17,34H,2,16H2,1H3/b25-14-,32-28?. The van der Waals surface area contributed by atoms with Gasteiger partial charge in [0.25, 0.3) is 0 Å². The lowest BCUT2D eigenvalue weighted by Gasteiger charge is -2.06. The zero-order valence-corrected chi connectivity index (χ0v) is 23.0. The first-order valence-corrected chi connectivity index (χ1v) is 13.6. The van der Waals surface area contributed by atoms with E-state index in [1.807, 2.05) is 79.0 Å². The van der Waals surface area contributed by atoms with Crippen molar-refractivity contribution in [2.24, 2.45) is 4.99 Å². The van der Waals surface area contributed by atoms with Crippen LogP contribution in [-0.4, -0.2) is 27.3 Å². The molecule has 0 saturated carbocycles. The number of thioether (sulfide) groups is 1. The average molecular weight is 594 g/mol. The third-order valence-electron chi connectivity index (χ3n) is 5.78. The molecule has 0 bridgehead atoms. The lowest BCUT2D eigenvalue weighted by Crippen LogP contribution is -2.12. The van der Waals surface area contributed by atoms with Crippen molar-refractivity contribution in [3.63, 3.8) is 0 Å². The number of benzene rings is 3. The highest BCUT2D eigenvalue weighted by Gasteiger charge is 2.33. The maximum atomic E-state index is 12.8. The molecule has 5 rings (SSSR count). The molecular weight excluding hydrogens is 572 g/mol. The molecule has 4 aromatic rings. The Morgan fingerprint density at radius 2 is 1.89 bits per heavy atom. The van der Waals surface area contributed by atoms with E-state index < -0.39 is 5.97 Å². The number of ether oxygens (including phenoxy) is 1. The number of esters is 1.